The van der Waals surface area contributed by atoms with Crippen molar-refractivity contribution in [3.8, 4) is 0 Å². The van der Waals surface area contributed by atoms with Crippen LogP contribution in [0.2, 0.25) is 5.02 Å². The average molecular weight is 294 g/mol. The number of nitrogens with zero attached hydrogens (tertiary/aromatic N) is 1. The number of carboxylic acids is 1. The van der Waals surface area contributed by atoms with Gasteiger partial charge in [-0.05, 0) is 6.07 Å². The molecule has 0 spiro atoms. The third-order valence-electron chi connectivity index (χ3n) is 1.99. The zero-order valence-corrected chi connectivity index (χ0v) is 10.8. The Hall–Kier alpha value is -1.34. The number of benzene rings is 1. The quantitative estimate of drug-likeness (QED) is 0.511. The zero-order valence-electron chi connectivity index (χ0n) is 9.22. The molecule has 0 saturated carbocycles. The van der Waals surface area contributed by atoms with Crippen molar-refractivity contribution in [2.45, 2.75) is 23.5 Å². The van der Waals surface area contributed by atoms with Crippen LogP contribution in [0.15, 0.2) is 17.0 Å². The molecular formula is C10H9ClFNO4S. The highest BCUT2D eigenvalue weighted by molar-refractivity contribution is 8.00. The fourth-order valence-corrected chi connectivity index (χ4v) is 2.50. The first kappa shape index (κ1) is 14.7. The van der Waals surface area contributed by atoms with Gasteiger partial charge in [0.05, 0.1) is 21.3 Å². The molecular weight excluding hydrogens is 285 g/mol. The molecule has 1 atom stereocenters. The molecule has 8 heteroatoms. The predicted molar refractivity (Wildman–Crippen MR) is 65.6 cm³/mol. The van der Waals surface area contributed by atoms with Crippen LogP contribution in [0.4, 0.5) is 10.1 Å². The Balaban J connectivity index is 3.03. The molecule has 98 valence electrons. The van der Waals surface area contributed by atoms with E-state index in [9.17, 15) is 19.3 Å². The summed E-state index contributed by atoms with van der Waals surface area (Å²) in [6.07, 6.45) is -0.175. The van der Waals surface area contributed by atoms with Gasteiger partial charge in [-0.3, -0.25) is 14.9 Å². The minimum absolute atomic E-state index is 0.0654. The minimum Gasteiger partial charge on any atom is -0.481 e. The molecule has 0 heterocycles. The van der Waals surface area contributed by atoms with E-state index >= 15 is 0 Å². The van der Waals surface area contributed by atoms with Crippen molar-refractivity contribution >= 4 is 35.0 Å². The van der Waals surface area contributed by atoms with Crippen molar-refractivity contribution in [3.63, 3.8) is 0 Å². The van der Waals surface area contributed by atoms with Gasteiger partial charge in [0.25, 0.3) is 5.69 Å². The highest BCUT2D eigenvalue weighted by atomic mass is 35.5. The molecule has 0 bridgehead atoms. The lowest BCUT2D eigenvalue weighted by Gasteiger charge is -2.09. The number of carboxylic acid groups (broad SMARTS) is 1. The number of hydrogen-bond donors (Lipinski definition) is 1. The number of halogens is 2. The SMILES string of the molecule is CC(CC(=O)O)Sc1cc(F)c(Cl)cc1[N+](=O)[O-]. The van der Waals surface area contributed by atoms with Crippen molar-refractivity contribution in [2.75, 3.05) is 0 Å². The van der Waals surface area contributed by atoms with Crippen LogP contribution < -0.4 is 0 Å². The summed E-state index contributed by atoms with van der Waals surface area (Å²) in [5.74, 6) is -1.79. The third-order valence-corrected chi connectivity index (χ3v) is 3.43. The molecule has 5 nitrogen and oxygen atoms in total. The molecule has 1 aromatic rings. The van der Waals surface area contributed by atoms with Gasteiger partial charge in [0.1, 0.15) is 5.82 Å². The summed E-state index contributed by atoms with van der Waals surface area (Å²) in [4.78, 5) is 20.7. The second kappa shape index (κ2) is 6.01. The highest BCUT2D eigenvalue weighted by Gasteiger charge is 2.21. The van der Waals surface area contributed by atoms with E-state index < -0.39 is 22.0 Å². The van der Waals surface area contributed by atoms with Crippen LogP contribution in [0.5, 0.6) is 0 Å². The fourth-order valence-electron chi connectivity index (χ4n) is 1.26. The normalized spacial score (nSPS) is 12.2. The second-order valence-electron chi connectivity index (χ2n) is 3.52. The summed E-state index contributed by atoms with van der Waals surface area (Å²) in [5, 5.41) is 18.6. The van der Waals surface area contributed by atoms with E-state index in [2.05, 4.69) is 0 Å². The largest absolute Gasteiger partial charge is 0.481 e. The van der Waals surface area contributed by atoms with Crippen molar-refractivity contribution in [1.29, 1.82) is 0 Å². The van der Waals surface area contributed by atoms with Crippen LogP contribution in [0.1, 0.15) is 13.3 Å². The molecule has 0 aliphatic rings. The van der Waals surface area contributed by atoms with Crippen molar-refractivity contribution < 1.29 is 19.2 Å². The molecule has 1 unspecified atom stereocenters. The van der Waals surface area contributed by atoms with Gasteiger partial charge in [-0.15, -0.1) is 11.8 Å². The zero-order chi connectivity index (χ0) is 13.9. The first-order chi connectivity index (χ1) is 8.31. The number of thioether (sulfide) groups is 1. The Labute approximate surface area is 111 Å². The van der Waals surface area contributed by atoms with Gasteiger partial charge < -0.3 is 5.11 Å². The van der Waals surface area contributed by atoms with Crippen molar-refractivity contribution in [2.24, 2.45) is 0 Å². The molecule has 1 rings (SSSR count). The van der Waals surface area contributed by atoms with Crippen LogP contribution in [-0.4, -0.2) is 21.2 Å². The van der Waals surface area contributed by atoms with Crippen molar-refractivity contribution in [3.05, 3.63) is 33.1 Å². The van der Waals surface area contributed by atoms with Crippen LogP contribution >= 0.6 is 23.4 Å². The number of aliphatic carboxylic acids is 1. The van der Waals surface area contributed by atoms with Gasteiger partial charge in [0, 0.05) is 11.3 Å². The lowest BCUT2D eigenvalue weighted by molar-refractivity contribution is -0.387. The topological polar surface area (TPSA) is 80.4 Å². The van der Waals surface area contributed by atoms with E-state index in [0.29, 0.717) is 0 Å². The van der Waals surface area contributed by atoms with Gasteiger partial charge in [0.15, 0.2) is 0 Å². The molecule has 0 saturated heterocycles. The monoisotopic (exact) mass is 293 g/mol. The lowest BCUT2D eigenvalue weighted by atomic mass is 10.3. The van der Waals surface area contributed by atoms with Gasteiger partial charge >= 0.3 is 5.97 Å². The van der Waals surface area contributed by atoms with E-state index in [1.165, 1.54) is 0 Å². The Morgan fingerprint density at radius 3 is 2.78 bits per heavy atom. The van der Waals surface area contributed by atoms with Gasteiger partial charge in [-0.1, -0.05) is 18.5 Å². The van der Waals surface area contributed by atoms with Gasteiger partial charge in [0.2, 0.25) is 0 Å². The number of hydrogen-bond acceptors (Lipinski definition) is 4. The maximum Gasteiger partial charge on any atom is 0.304 e. The van der Waals surface area contributed by atoms with Crippen LogP contribution in [0.25, 0.3) is 0 Å². The predicted octanol–water partition coefficient (Wildman–Crippen LogP) is 3.34. The fraction of sp³-hybridized carbons (Fsp3) is 0.300. The van der Waals surface area contributed by atoms with Gasteiger partial charge in [-0.25, -0.2) is 4.39 Å². The molecule has 18 heavy (non-hydrogen) atoms. The minimum atomic E-state index is -1.02. The first-order valence-electron chi connectivity index (χ1n) is 4.83. The van der Waals surface area contributed by atoms with E-state index in [4.69, 9.17) is 16.7 Å². The number of nitro benzene ring substituents is 1. The molecule has 0 aliphatic carbocycles. The average Bonchev–Trinajstić information content (AvgIpc) is 2.21. The Morgan fingerprint density at radius 2 is 2.28 bits per heavy atom. The molecule has 0 fully saturated rings. The Morgan fingerprint density at radius 1 is 1.67 bits per heavy atom. The summed E-state index contributed by atoms with van der Waals surface area (Å²) < 4.78 is 13.3. The van der Waals surface area contributed by atoms with E-state index in [1.807, 2.05) is 0 Å². The summed E-state index contributed by atoms with van der Waals surface area (Å²) in [6.45, 7) is 1.59. The maximum absolute atomic E-state index is 13.3. The van der Waals surface area contributed by atoms with Crippen LogP contribution in [0, 0.1) is 15.9 Å². The number of nitro groups is 1. The smallest absolute Gasteiger partial charge is 0.304 e. The Kier molecular flexibility index (Phi) is 4.92. The van der Waals surface area contributed by atoms with Gasteiger partial charge in [-0.2, -0.15) is 0 Å². The van der Waals surface area contributed by atoms with Crippen molar-refractivity contribution in [1.82, 2.24) is 0 Å². The standard InChI is InChI=1S/C10H9ClFNO4S/c1-5(2-10(14)15)18-9-4-7(12)6(11)3-8(9)13(16)17/h3-5H,2H2,1H3,(H,14,15). The van der Waals surface area contributed by atoms with E-state index in [-0.39, 0.29) is 22.0 Å². The molecule has 1 N–H and O–H groups in total. The highest BCUT2D eigenvalue weighted by Crippen LogP contribution is 2.36. The van der Waals surface area contributed by atoms with E-state index in [0.717, 1.165) is 23.9 Å². The number of carbonyl (C=O) groups is 1. The third kappa shape index (κ3) is 3.85. The molecule has 0 amide bonds. The molecule has 0 radical (unpaired) electrons. The number of rotatable bonds is 5. The Bertz CT molecular complexity index is 497. The lowest BCUT2D eigenvalue weighted by Crippen LogP contribution is -2.06. The van der Waals surface area contributed by atoms with Crippen LogP contribution in [0.3, 0.4) is 0 Å². The first-order valence-corrected chi connectivity index (χ1v) is 6.09. The molecule has 1 aromatic carbocycles. The summed E-state index contributed by atoms with van der Waals surface area (Å²) >= 11 is 6.40. The summed E-state index contributed by atoms with van der Waals surface area (Å²) in [6, 6.07) is 1.87. The molecule has 0 aliphatic heterocycles. The van der Waals surface area contributed by atoms with Crippen LogP contribution in [-0.2, 0) is 4.79 Å². The summed E-state index contributed by atoms with van der Waals surface area (Å²) in [5.41, 5.74) is -0.330. The van der Waals surface area contributed by atoms with E-state index in [1.54, 1.807) is 6.92 Å². The maximum atomic E-state index is 13.3. The molecule has 0 aromatic heterocycles. The summed E-state index contributed by atoms with van der Waals surface area (Å²) in [7, 11) is 0. The second-order valence-corrected chi connectivity index (χ2v) is 5.40.